The van der Waals surface area contributed by atoms with Gasteiger partial charge in [-0.2, -0.15) is 0 Å². The van der Waals surface area contributed by atoms with Crippen LogP contribution >= 0.6 is 23.1 Å². The summed E-state index contributed by atoms with van der Waals surface area (Å²) in [7, 11) is 0. The van der Waals surface area contributed by atoms with Gasteiger partial charge in [0.25, 0.3) is 0 Å². The third kappa shape index (κ3) is 4.28. The standard InChI is InChI=1S/C19H19N5O3S2/c1-3-24-17(14-6-5-9-27-14)22-23-19(24)28-11-16(25)21-18-20-13-8-7-12(26-4-2)10-15(13)29-18/h5-10H,3-4,11H2,1-2H3,(H,20,21,25). The van der Waals surface area contributed by atoms with E-state index in [1.54, 1.807) is 12.3 Å². The van der Waals surface area contributed by atoms with E-state index in [1.807, 2.05) is 42.7 Å². The van der Waals surface area contributed by atoms with Crippen molar-refractivity contribution in [2.75, 3.05) is 17.7 Å². The van der Waals surface area contributed by atoms with Crippen LogP contribution < -0.4 is 10.1 Å². The highest BCUT2D eigenvalue weighted by atomic mass is 32.2. The Hall–Kier alpha value is -2.85. The number of amides is 1. The van der Waals surface area contributed by atoms with Crippen LogP contribution in [0.1, 0.15) is 13.8 Å². The van der Waals surface area contributed by atoms with Gasteiger partial charge in [-0.05, 0) is 44.2 Å². The van der Waals surface area contributed by atoms with Crippen molar-refractivity contribution in [1.29, 1.82) is 0 Å². The number of anilines is 1. The molecule has 1 amide bonds. The van der Waals surface area contributed by atoms with E-state index in [2.05, 4.69) is 20.5 Å². The molecule has 0 aliphatic carbocycles. The van der Waals surface area contributed by atoms with Crippen molar-refractivity contribution in [3.8, 4) is 17.3 Å². The van der Waals surface area contributed by atoms with Crippen molar-refractivity contribution in [2.24, 2.45) is 0 Å². The second kappa shape index (κ2) is 8.66. The van der Waals surface area contributed by atoms with Crippen molar-refractivity contribution >= 4 is 44.4 Å². The number of carbonyl (C=O) groups is 1. The molecule has 8 nitrogen and oxygen atoms in total. The first kappa shape index (κ1) is 19.5. The Morgan fingerprint density at radius 3 is 2.97 bits per heavy atom. The molecule has 4 rings (SSSR count). The maximum atomic E-state index is 12.4. The molecule has 3 aromatic heterocycles. The van der Waals surface area contributed by atoms with Gasteiger partial charge in [0.2, 0.25) is 5.91 Å². The number of hydrogen-bond donors (Lipinski definition) is 1. The summed E-state index contributed by atoms with van der Waals surface area (Å²) >= 11 is 2.74. The van der Waals surface area contributed by atoms with Crippen molar-refractivity contribution in [3.63, 3.8) is 0 Å². The third-order valence-corrected chi connectivity index (χ3v) is 5.92. The third-order valence-electron chi connectivity index (χ3n) is 4.02. The largest absolute Gasteiger partial charge is 0.494 e. The number of thiazole rings is 1. The van der Waals surface area contributed by atoms with Gasteiger partial charge in [-0.1, -0.05) is 23.1 Å². The first-order valence-electron chi connectivity index (χ1n) is 9.11. The molecule has 10 heteroatoms. The molecular weight excluding hydrogens is 410 g/mol. The van der Waals surface area contributed by atoms with Crippen LogP contribution in [0.3, 0.4) is 0 Å². The lowest BCUT2D eigenvalue weighted by Crippen LogP contribution is -2.14. The van der Waals surface area contributed by atoms with Crippen LogP contribution in [0.5, 0.6) is 5.75 Å². The number of furan rings is 1. The number of nitrogens with zero attached hydrogens (tertiary/aromatic N) is 4. The van der Waals surface area contributed by atoms with E-state index in [-0.39, 0.29) is 11.7 Å². The molecule has 150 valence electrons. The van der Waals surface area contributed by atoms with Gasteiger partial charge in [0.1, 0.15) is 5.75 Å². The molecule has 29 heavy (non-hydrogen) atoms. The summed E-state index contributed by atoms with van der Waals surface area (Å²) in [6, 6.07) is 9.34. The van der Waals surface area contributed by atoms with E-state index in [0.29, 0.717) is 35.0 Å². The zero-order valence-electron chi connectivity index (χ0n) is 15.9. The Kier molecular flexibility index (Phi) is 5.81. The minimum atomic E-state index is -0.149. The number of rotatable bonds is 8. The fourth-order valence-electron chi connectivity index (χ4n) is 2.77. The molecule has 3 heterocycles. The van der Waals surface area contributed by atoms with E-state index >= 15 is 0 Å². The summed E-state index contributed by atoms with van der Waals surface area (Å²) in [5.41, 5.74) is 0.829. The highest BCUT2D eigenvalue weighted by Gasteiger charge is 2.17. The van der Waals surface area contributed by atoms with Gasteiger partial charge in [0, 0.05) is 6.54 Å². The molecule has 1 aromatic carbocycles. The number of carbonyl (C=O) groups excluding carboxylic acids is 1. The number of aromatic nitrogens is 4. The fourth-order valence-corrected chi connectivity index (χ4v) is 4.48. The van der Waals surface area contributed by atoms with E-state index in [0.717, 1.165) is 16.0 Å². The van der Waals surface area contributed by atoms with E-state index < -0.39 is 0 Å². The minimum absolute atomic E-state index is 0.149. The molecular formula is C19H19N5O3S2. The predicted octanol–water partition coefficient (Wildman–Crippen LogP) is 4.30. The number of nitrogens with one attached hydrogen (secondary N) is 1. The number of ether oxygens (including phenoxy) is 1. The summed E-state index contributed by atoms with van der Waals surface area (Å²) in [5, 5.41) is 12.5. The van der Waals surface area contributed by atoms with E-state index in [9.17, 15) is 4.79 Å². The van der Waals surface area contributed by atoms with Crippen molar-refractivity contribution in [2.45, 2.75) is 25.5 Å². The van der Waals surface area contributed by atoms with Gasteiger partial charge in [-0.25, -0.2) is 4.98 Å². The topological polar surface area (TPSA) is 95.1 Å². The van der Waals surface area contributed by atoms with Crippen LogP contribution in [0.25, 0.3) is 21.8 Å². The lowest BCUT2D eigenvalue weighted by molar-refractivity contribution is -0.113. The predicted molar refractivity (Wildman–Crippen MR) is 114 cm³/mol. The number of hydrogen-bond acceptors (Lipinski definition) is 8. The molecule has 0 aliphatic rings. The summed E-state index contributed by atoms with van der Waals surface area (Å²) in [6.07, 6.45) is 1.60. The zero-order valence-corrected chi connectivity index (χ0v) is 17.5. The Morgan fingerprint density at radius 1 is 1.31 bits per heavy atom. The first-order chi connectivity index (χ1) is 14.2. The van der Waals surface area contributed by atoms with Crippen molar-refractivity contribution in [1.82, 2.24) is 19.7 Å². The van der Waals surface area contributed by atoms with Gasteiger partial charge >= 0.3 is 0 Å². The summed E-state index contributed by atoms with van der Waals surface area (Å²) < 4.78 is 13.8. The van der Waals surface area contributed by atoms with Gasteiger partial charge in [-0.3, -0.25) is 9.36 Å². The highest BCUT2D eigenvalue weighted by Crippen LogP contribution is 2.30. The zero-order chi connectivity index (χ0) is 20.2. The molecule has 0 aliphatic heterocycles. The second-order valence-corrected chi connectivity index (χ2v) is 7.92. The molecule has 0 spiro atoms. The number of fused-ring (bicyclic) bond motifs is 1. The average molecular weight is 430 g/mol. The maximum absolute atomic E-state index is 12.4. The molecule has 0 saturated heterocycles. The SMILES string of the molecule is CCOc1ccc2nc(NC(=O)CSc3nnc(-c4ccco4)n3CC)sc2c1. The molecule has 0 bridgehead atoms. The average Bonchev–Trinajstić information content (AvgIpc) is 3.44. The van der Waals surface area contributed by atoms with E-state index in [4.69, 9.17) is 9.15 Å². The van der Waals surface area contributed by atoms with Crippen LogP contribution in [-0.2, 0) is 11.3 Å². The Morgan fingerprint density at radius 2 is 2.21 bits per heavy atom. The van der Waals surface area contributed by atoms with Gasteiger partial charge in [0.15, 0.2) is 21.9 Å². The lowest BCUT2D eigenvalue weighted by atomic mass is 10.3. The van der Waals surface area contributed by atoms with Crippen LogP contribution in [0.2, 0.25) is 0 Å². The number of thioether (sulfide) groups is 1. The van der Waals surface area contributed by atoms with Gasteiger partial charge in [-0.15, -0.1) is 10.2 Å². The lowest BCUT2D eigenvalue weighted by Gasteiger charge is -2.05. The Balaban J connectivity index is 1.41. The monoisotopic (exact) mass is 429 g/mol. The van der Waals surface area contributed by atoms with Gasteiger partial charge in [0.05, 0.1) is 28.8 Å². The minimum Gasteiger partial charge on any atom is -0.494 e. The number of benzene rings is 1. The fraction of sp³-hybridized carbons (Fsp3) is 0.263. The van der Waals surface area contributed by atoms with Crippen molar-refractivity contribution in [3.05, 3.63) is 36.6 Å². The smallest absolute Gasteiger partial charge is 0.236 e. The highest BCUT2D eigenvalue weighted by molar-refractivity contribution is 7.99. The molecule has 0 saturated carbocycles. The molecule has 0 unspecified atom stereocenters. The van der Waals surface area contributed by atoms with E-state index in [1.165, 1.54) is 23.1 Å². The molecule has 4 aromatic rings. The quantitative estimate of drug-likeness (QED) is 0.417. The molecule has 0 fully saturated rings. The molecule has 0 atom stereocenters. The van der Waals surface area contributed by atoms with Crippen LogP contribution in [-0.4, -0.2) is 38.0 Å². The Bertz CT molecular complexity index is 1120. The normalized spacial score (nSPS) is 11.1. The summed E-state index contributed by atoms with van der Waals surface area (Å²) in [6.45, 7) is 5.22. The Labute approximate surface area is 175 Å². The summed E-state index contributed by atoms with van der Waals surface area (Å²) in [4.78, 5) is 16.9. The molecule has 1 N–H and O–H groups in total. The molecule has 0 radical (unpaired) electrons. The second-order valence-electron chi connectivity index (χ2n) is 5.95. The van der Waals surface area contributed by atoms with Crippen LogP contribution in [0.15, 0.2) is 46.2 Å². The van der Waals surface area contributed by atoms with Gasteiger partial charge < -0.3 is 14.5 Å². The van der Waals surface area contributed by atoms with Crippen LogP contribution in [0, 0.1) is 0 Å². The first-order valence-corrected chi connectivity index (χ1v) is 10.9. The van der Waals surface area contributed by atoms with Crippen molar-refractivity contribution < 1.29 is 13.9 Å². The maximum Gasteiger partial charge on any atom is 0.236 e. The van der Waals surface area contributed by atoms with Crippen LogP contribution in [0.4, 0.5) is 5.13 Å². The summed E-state index contributed by atoms with van der Waals surface area (Å²) in [5.74, 6) is 2.15.